The lowest BCUT2D eigenvalue weighted by molar-refractivity contribution is 0.0953. The number of hydrogen-bond donors (Lipinski definition) is 0. The zero-order valence-corrected chi connectivity index (χ0v) is 14.2. The Morgan fingerprint density at radius 2 is 2.04 bits per heavy atom. The number of fused-ring (bicyclic) bond motifs is 1. The molecule has 0 saturated carbocycles. The summed E-state index contributed by atoms with van der Waals surface area (Å²) in [7, 11) is 0. The van der Waals surface area contributed by atoms with Gasteiger partial charge < -0.3 is 9.64 Å². The number of rotatable bonds is 4. The van der Waals surface area contributed by atoms with Crippen LogP contribution in [0.15, 0.2) is 54.7 Å². The number of amides is 1. The van der Waals surface area contributed by atoms with Crippen molar-refractivity contribution in [3.8, 4) is 5.88 Å². The number of aromatic nitrogens is 3. The first kappa shape index (κ1) is 16.3. The molecule has 0 unspecified atom stereocenters. The maximum Gasteiger partial charge on any atom is 0.276 e. The standard InChI is InChI=1S/C19H17FN4O2/c1-13-11-23(16-7-5-14(20)6-8-16)19(25)17-10-15(22-24(13)17)12-26-18-4-2-3-9-21-18/h2-10,13H,11-12H2,1H3/t13-/m1/s1. The number of pyridine rings is 1. The van der Waals surface area contributed by atoms with Gasteiger partial charge in [0.1, 0.15) is 23.8 Å². The fraction of sp³-hybridized carbons (Fsp3) is 0.211. The molecule has 4 rings (SSSR count). The number of carbonyl (C=O) groups is 1. The van der Waals surface area contributed by atoms with Gasteiger partial charge in [0.25, 0.3) is 5.91 Å². The second-order valence-electron chi connectivity index (χ2n) is 6.16. The van der Waals surface area contributed by atoms with Gasteiger partial charge in [-0.1, -0.05) is 6.07 Å². The molecule has 1 aliphatic rings. The van der Waals surface area contributed by atoms with Crippen molar-refractivity contribution in [2.75, 3.05) is 11.4 Å². The van der Waals surface area contributed by atoms with Crippen molar-refractivity contribution < 1.29 is 13.9 Å². The largest absolute Gasteiger partial charge is 0.471 e. The lowest BCUT2D eigenvalue weighted by Gasteiger charge is -2.31. The summed E-state index contributed by atoms with van der Waals surface area (Å²) < 4.78 is 20.5. The average Bonchev–Trinajstić information content (AvgIpc) is 3.10. The van der Waals surface area contributed by atoms with E-state index in [1.165, 1.54) is 12.1 Å². The quantitative estimate of drug-likeness (QED) is 0.723. The monoisotopic (exact) mass is 352 g/mol. The molecule has 132 valence electrons. The number of benzene rings is 1. The molecule has 0 N–H and O–H groups in total. The minimum atomic E-state index is -0.328. The molecule has 6 nitrogen and oxygen atoms in total. The highest BCUT2D eigenvalue weighted by Crippen LogP contribution is 2.27. The van der Waals surface area contributed by atoms with Crippen LogP contribution in [0.25, 0.3) is 0 Å². The number of nitrogens with zero attached hydrogens (tertiary/aromatic N) is 4. The molecule has 3 aromatic rings. The molecule has 26 heavy (non-hydrogen) atoms. The highest BCUT2D eigenvalue weighted by atomic mass is 19.1. The van der Waals surface area contributed by atoms with E-state index in [1.54, 1.807) is 40.0 Å². The second-order valence-corrected chi connectivity index (χ2v) is 6.16. The van der Waals surface area contributed by atoms with Crippen molar-refractivity contribution in [2.45, 2.75) is 19.6 Å². The van der Waals surface area contributed by atoms with Crippen molar-refractivity contribution >= 4 is 11.6 Å². The van der Waals surface area contributed by atoms with Crippen molar-refractivity contribution in [1.82, 2.24) is 14.8 Å². The normalized spacial score (nSPS) is 16.5. The van der Waals surface area contributed by atoms with Crippen LogP contribution in [0.4, 0.5) is 10.1 Å². The molecule has 1 aromatic carbocycles. The summed E-state index contributed by atoms with van der Waals surface area (Å²) in [5.41, 5.74) is 1.82. The Balaban J connectivity index is 1.56. The molecule has 0 aliphatic carbocycles. The minimum absolute atomic E-state index is 0.00338. The summed E-state index contributed by atoms with van der Waals surface area (Å²) in [5.74, 6) is 0.0161. The van der Waals surface area contributed by atoms with E-state index in [0.717, 1.165) is 0 Å². The zero-order chi connectivity index (χ0) is 18.1. The second kappa shape index (κ2) is 6.59. The third-order valence-electron chi connectivity index (χ3n) is 4.26. The topological polar surface area (TPSA) is 60.3 Å². The zero-order valence-electron chi connectivity index (χ0n) is 14.2. The van der Waals surface area contributed by atoms with Gasteiger partial charge in [0.05, 0.1) is 6.04 Å². The molecule has 0 fully saturated rings. The van der Waals surface area contributed by atoms with E-state index in [-0.39, 0.29) is 24.4 Å². The number of carbonyl (C=O) groups excluding carboxylic acids is 1. The van der Waals surface area contributed by atoms with Crippen LogP contribution in [0.2, 0.25) is 0 Å². The first-order valence-corrected chi connectivity index (χ1v) is 8.31. The van der Waals surface area contributed by atoms with Gasteiger partial charge in [-0.05, 0) is 43.3 Å². The fourth-order valence-electron chi connectivity index (χ4n) is 3.00. The lowest BCUT2D eigenvalue weighted by Crippen LogP contribution is -2.42. The van der Waals surface area contributed by atoms with Crippen LogP contribution >= 0.6 is 0 Å². The molecule has 3 heterocycles. The summed E-state index contributed by atoms with van der Waals surface area (Å²) in [6.07, 6.45) is 1.65. The number of hydrogen-bond acceptors (Lipinski definition) is 4. The highest BCUT2D eigenvalue weighted by Gasteiger charge is 2.31. The molecule has 0 saturated heterocycles. The highest BCUT2D eigenvalue weighted by molar-refractivity contribution is 6.05. The predicted octanol–water partition coefficient (Wildman–Crippen LogP) is 3.22. The summed E-state index contributed by atoms with van der Waals surface area (Å²) in [6, 6.07) is 13.1. The molecule has 7 heteroatoms. The van der Waals surface area contributed by atoms with Crippen LogP contribution in [0.3, 0.4) is 0 Å². The third-order valence-corrected chi connectivity index (χ3v) is 4.26. The van der Waals surface area contributed by atoms with Gasteiger partial charge in [-0.25, -0.2) is 9.37 Å². The Bertz CT molecular complexity index is 924. The van der Waals surface area contributed by atoms with Gasteiger partial charge >= 0.3 is 0 Å². The Labute approximate surface area is 149 Å². The van der Waals surface area contributed by atoms with Crippen molar-refractivity contribution in [3.63, 3.8) is 0 Å². The molecular formula is C19H17FN4O2. The maximum absolute atomic E-state index is 13.2. The first-order chi connectivity index (χ1) is 12.6. The maximum atomic E-state index is 13.2. The van der Waals surface area contributed by atoms with Gasteiger partial charge in [-0.2, -0.15) is 5.10 Å². The van der Waals surface area contributed by atoms with Crippen molar-refractivity contribution in [1.29, 1.82) is 0 Å². The Hall–Kier alpha value is -3.22. The lowest BCUT2D eigenvalue weighted by atomic mass is 10.1. The van der Waals surface area contributed by atoms with Gasteiger partial charge in [0.15, 0.2) is 0 Å². The third kappa shape index (κ3) is 3.03. The summed E-state index contributed by atoms with van der Waals surface area (Å²) in [4.78, 5) is 18.6. The van der Waals surface area contributed by atoms with Crippen LogP contribution in [0, 0.1) is 5.82 Å². The summed E-state index contributed by atoms with van der Waals surface area (Å²) in [5, 5.41) is 4.50. The van der Waals surface area contributed by atoms with Gasteiger partial charge in [0, 0.05) is 24.5 Å². The van der Waals surface area contributed by atoms with Gasteiger partial charge in [-0.15, -0.1) is 0 Å². The van der Waals surface area contributed by atoms with Crippen LogP contribution in [0.5, 0.6) is 5.88 Å². The molecular weight excluding hydrogens is 335 g/mol. The van der Waals surface area contributed by atoms with Crippen LogP contribution in [-0.2, 0) is 6.61 Å². The SMILES string of the molecule is C[C@@H]1CN(c2ccc(F)cc2)C(=O)c2cc(COc3ccccn3)nn21. The van der Waals surface area contributed by atoms with Crippen molar-refractivity contribution in [3.05, 3.63) is 71.9 Å². The van der Waals surface area contributed by atoms with Crippen LogP contribution in [0.1, 0.15) is 29.1 Å². The Morgan fingerprint density at radius 3 is 2.77 bits per heavy atom. The molecule has 0 spiro atoms. The number of anilines is 1. The Kier molecular flexibility index (Phi) is 4.12. The average molecular weight is 352 g/mol. The van der Waals surface area contributed by atoms with Crippen molar-refractivity contribution in [2.24, 2.45) is 0 Å². The van der Waals surface area contributed by atoms with Crippen LogP contribution in [-0.4, -0.2) is 27.2 Å². The molecule has 0 bridgehead atoms. The molecule has 2 aromatic heterocycles. The van der Waals surface area contributed by atoms with E-state index in [9.17, 15) is 9.18 Å². The molecule has 0 radical (unpaired) electrons. The minimum Gasteiger partial charge on any atom is -0.471 e. The first-order valence-electron chi connectivity index (χ1n) is 8.31. The molecule has 1 atom stereocenters. The molecule has 1 amide bonds. The van der Waals surface area contributed by atoms with Gasteiger partial charge in [0.2, 0.25) is 5.88 Å². The Morgan fingerprint density at radius 1 is 1.23 bits per heavy atom. The summed E-state index contributed by atoms with van der Waals surface area (Å²) >= 11 is 0. The van der Waals surface area contributed by atoms with E-state index >= 15 is 0 Å². The number of ether oxygens (including phenoxy) is 1. The number of halogens is 1. The van der Waals surface area contributed by atoms with Gasteiger partial charge in [-0.3, -0.25) is 9.48 Å². The van der Waals surface area contributed by atoms with E-state index in [2.05, 4.69) is 10.1 Å². The van der Waals surface area contributed by atoms with E-state index in [1.807, 2.05) is 19.1 Å². The van der Waals surface area contributed by atoms with E-state index in [4.69, 9.17) is 4.74 Å². The molecule has 1 aliphatic heterocycles. The summed E-state index contributed by atoms with van der Waals surface area (Å²) in [6.45, 7) is 2.69. The predicted molar refractivity (Wildman–Crippen MR) is 93.6 cm³/mol. The van der Waals surface area contributed by atoms with Crippen LogP contribution < -0.4 is 9.64 Å². The van der Waals surface area contributed by atoms with E-state index < -0.39 is 0 Å². The fourth-order valence-corrected chi connectivity index (χ4v) is 3.00. The smallest absolute Gasteiger partial charge is 0.276 e. The van der Waals surface area contributed by atoms with E-state index in [0.29, 0.717) is 29.5 Å².